The van der Waals surface area contributed by atoms with Crippen LogP contribution in [0.5, 0.6) is 0 Å². The summed E-state index contributed by atoms with van der Waals surface area (Å²) in [5.41, 5.74) is 5.68. The third-order valence-corrected chi connectivity index (χ3v) is 18.9. The van der Waals surface area contributed by atoms with E-state index in [0.29, 0.717) is 25.6 Å². The monoisotopic (exact) mass is 417 g/mol. The second-order valence-corrected chi connectivity index (χ2v) is 17.4. The second-order valence-electron chi connectivity index (χ2n) is 5.62. The van der Waals surface area contributed by atoms with Crippen molar-refractivity contribution in [2.45, 2.75) is 39.0 Å². The lowest BCUT2D eigenvalue weighted by atomic mass is 10.5. The van der Waals surface area contributed by atoms with Gasteiger partial charge < -0.3 is 39.9 Å². The first kappa shape index (κ1) is 22.5. The molecule has 2 N–H and O–H groups in total. The Morgan fingerprint density at radius 2 is 1.21 bits per heavy atom. The molecule has 1 rings (SSSR count). The van der Waals surface area contributed by atoms with Gasteiger partial charge in [-0.15, -0.1) is 0 Å². The van der Waals surface area contributed by atoms with Gasteiger partial charge in [0.05, 0.1) is 0 Å². The first-order valence-corrected chi connectivity index (χ1v) is 16.5. The summed E-state index contributed by atoms with van der Waals surface area (Å²) in [7, 11) is -7.80. The van der Waals surface area contributed by atoms with Crippen LogP contribution in [-0.2, 0) is 34.2 Å². The smallest absolute Gasteiger partial charge is 0.378 e. The van der Waals surface area contributed by atoms with Crippen molar-refractivity contribution in [1.29, 1.82) is 0 Å². The highest BCUT2D eigenvalue weighted by Gasteiger charge is 2.63. The quantitative estimate of drug-likeness (QED) is 0.580. The molecule has 1 fully saturated rings. The van der Waals surface area contributed by atoms with Gasteiger partial charge >= 0.3 is 35.2 Å². The molecule has 0 aromatic heterocycles. The van der Waals surface area contributed by atoms with E-state index in [1.165, 1.54) is 7.11 Å². The molecule has 2 atom stereocenters. The zero-order valence-electron chi connectivity index (χ0n) is 15.7. The van der Waals surface area contributed by atoms with Crippen molar-refractivity contribution in [3.8, 4) is 0 Å². The zero-order valence-corrected chi connectivity index (χ0v) is 19.7. The fourth-order valence-corrected chi connectivity index (χ4v) is 18.9. The summed E-state index contributed by atoms with van der Waals surface area (Å²) >= 11 is 0. The summed E-state index contributed by atoms with van der Waals surface area (Å²) in [5, 5.41) is 0. The second kappa shape index (κ2) is 8.94. The maximum Gasteiger partial charge on any atom is 0.486 e. The van der Waals surface area contributed by atoms with Crippen molar-refractivity contribution >= 4 is 35.2 Å². The Hall–Kier alpha value is 0.508. The van der Waals surface area contributed by atoms with E-state index < -0.39 is 35.2 Å². The molecule has 0 bridgehead atoms. The molecule has 0 aliphatic carbocycles. The molecule has 1 saturated heterocycles. The summed E-state index contributed by atoms with van der Waals surface area (Å²) in [6.45, 7) is 8.14. The predicted molar refractivity (Wildman–Crippen MR) is 96.1 cm³/mol. The standard InChI is InChI=1S/C11H31NO8Si4/c1-8-16-24(11-9-10-12)19-22(6,14-3)17-21(5,13-2)18-23(7,15-4)20-24/h8-12H2,1-7H3. The van der Waals surface area contributed by atoms with Crippen LogP contribution in [0, 0.1) is 0 Å². The average Bonchev–Trinajstić information content (AvgIpc) is 2.51. The maximum absolute atomic E-state index is 6.32. The van der Waals surface area contributed by atoms with Crippen molar-refractivity contribution in [3.63, 3.8) is 0 Å². The van der Waals surface area contributed by atoms with Crippen LogP contribution in [0.3, 0.4) is 0 Å². The van der Waals surface area contributed by atoms with E-state index in [-0.39, 0.29) is 0 Å². The highest BCUT2D eigenvalue weighted by atomic mass is 28.6. The molecule has 0 aromatic carbocycles. The summed E-state index contributed by atoms with van der Waals surface area (Å²) in [6.07, 6.45) is 0.688. The molecule has 9 nitrogen and oxygen atoms in total. The van der Waals surface area contributed by atoms with Gasteiger partial charge in [0, 0.05) is 53.6 Å². The largest absolute Gasteiger partial charge is 0.486 e. The summed E-state index contributed by atoms with van der Waals surface area (Å²) in [4.78, 5) is 0. The van der Waals surface area contributed by atoms with Gasteiger partial charge in [0.2, 0.25) is 0 Å². The van der Waals surface area contributed by atoms with Crippen molar-refractivity contribution in [1.82, 2.24) is 0 Å². The van der Waals surface area contributed by atoms with Crippen LogP contribution in [0.25, 0.3) is 0 Å². The molecule has 0 saturated carbocycles. The molecule has 1 heterocycles. The van der Waals surface area contributed by atoms with Crippen molar-refractivity contribution in [2.24, 2.45) is 5.73 Å². The molecule has 0 radical (unpaired) electrons. The first-order valence-electron chi connectivity index (χ1n) is 7.93. The number of hydrogen-bond donors (Lipinski definition) is 1. The molecule has 2 unspecified atom stereocenters. The Kier molecular flexibility index (Phi) is 8.39. The molecule has 24 heavy (non-hydrogen) atoms. The van der Waals surface area contributed by atoms with Gasteiger partial charge in [0.15, 0.2) is 0 Å². The summed E-state index contributed by atoms with van der Waals surface area (Å²) < 4.78 is 47.5. The predicted octanol–water partition coefficient (Wildman–Crippen LogP) is 1.04. The van der Waals surface area contributed by atoms with E-state index in [4.69, 9.17) is 39.9 Å². The minimum absolute atomic E-state index is 0.429. The van der Waals surface area contributed by atoms with E-state index in [0.717, 1.165) is 0 Å². The molecular weight excluding hydrogens is 386 g/mol. The van der Waals surface area contributed by atoms with Crippen molar-refractivity contribution < 1.29 is 34.2 Å². The van der Waals surface area contributed by atoms with E-state index in [2.05, 4.69) is 0 Å². The van der Waals surface area contributed by atoms with Crippen LogP contribution in [-0.4, -0.2) is 69.7 Å². The molecule has 0 spiro atoms. The van der Waals surface area contributed by atoms with Gasteiger partial charge in [0.1, 0.15) is 0 Å². The van der Waals surface area contributed by atoms with Gasteiger partial charge in [-0.3, -0.25) is 0 Å². The maximum atomic E-state index is 6.32. The number of rotatable bonds is 8. The molecular formula is C11H31NO8Si4. The van der Waals surface area contributed by atoms with Crippen molar-refractivity contribution in [2.75, 3.05) is 34.5 Å². The molecule has 144 valence electrons. The molecule has 0 amide bonds. The van der Waals surface area contributed by atoms with E-state index in [1.54, 1.807) is 33.9 Å². The lowest BCUT2D eigenvalue weighted by molar-refractivity contribution is 0.0389. The molecule has 1 aliphatic rings. The van der Waals surface area contributed by atoms with Gasteiger partial charge in [0.25, 0.3) is 0 Å². The van der Waals surface area contributed by atoms with Crippen LogP contribution in [0.1, 0.15) is 13.3 Å². The van der Waals surface area contributed by atoms with Gasteiger partial charge in [-0.2, -0.15) is 0 Å². The number of nitrogens with two attached hydrogens (primary N) is 1. The van der Waals surface area contributed by atoms with E-state index >= 15 is 0 Å². The van der Waals surface area contributed by atoms with Gasteiger partial charge in [-0.1, -0.05) is 0 Å². The highest BCUT2D eigenvalue weighted by Crippen LogP contribution is 2.34. The third-order valence-electron chi connectivity index (χ3n) is 3.59. The Labute approximate surface area is 149 Å². The van der Waals surface area contributed by atoms with Gasteiger partial charge in [-0.05, 0) is 19.9 Å². The minimum Gasteiger partial charge on any atom is -0.378 e. The lowest BCUT2D eigenvalue weighted by Crippen LogP contribution is -2.70. The highest BCUT2D eigenvalue weighted by molar-refractivity contribution is 6.88. The molecule has 1 aliphatic heterocycles. The first-order chi connectivity index (χ1) is 11.1. The zero-order chi connectivity index (χ0) is 18.5. The molecule has 0 aromatic rings. The normalized spacial score (nSPS) is 41.0. The summed E-state index contributed by atoms with van der Waals surface area (Å²) in [6, 6.07) is 0.535. The topological polar surface area (TPSA) is 99.9 Å². The summed E-state index contributed by atoms with van der Waals surface area (Å²) in [5.74, 6) is 0. The van der Waals surface area contributed by atoms with Crippen LogP contribution in [0.2, 0.25) is 25.7 Å². The Balaban J connectivity index is 3.29. The average molecular weight is 418 g/mol. The fraction of sp³-hybridized carbons (Fsp3) is 1.00. The Bertz CT molecular complexity index is 386. The van der Waals surface area contributed by atoms with E-state index in [1.807, 2.05) is 6.92 Å². The fourth-order valence-electron chi connectivity index (χ4n) is 2.34. The third kappa shape index (κ3) is 5.76. The van der Waals surface area contributed by atoms with Crippen LogP contribution >= 0.6 is 0 Å². The van der Waals surface area contributed by atoms with E-state index in [9.17, 15) is 0 Å². The van der Waals surface area contributed by atoms with Crippen LogP contribution in [0.4, 0.5) is 0 Å². The Morgan fingerprint density at radius 3 is 1.54 bits per heavy atom. The van der Waals surface area contributed by atoms with Crippen LogP contribution in [0.15, 0.2) is 0 Å². The SMILES string of the molecule is CCO[Si]1(CCCN)O[Si](C)(OC)O[Si](C)(OC)O[Si](C)(OC)O1. The van der Waals surface area contributed by atoms with Crippen molar-refractivity contribution in [3.05, 3.63) is 0 Å². The van der Waals surface area contributed by atoms with Gasteiger partial charge in [-0.25, -0.2) is 0 Å². The number of hydrogen-bond acceptors (Lipinski definition) is 9. The van der Waals surface area contributed by atoms with Crippen LogP contribution < -0.4 is 5.73 Å². The lowest BCUT2D eigenvalue weighted by Gasteiger charge is -2.46. The minimum atomic E-state index is -3.16. The Morgan fingerprint density at radius 1 is 0.792 bits per heavy atom. The molecule has 13 heteroatoms.